The van der Waals surface area contributed by atoms with Crippen LogP contribution in [0.4, 0.5) is 4.39 Å². The molecule has 0 unspecified atom stereocenters. The molecule has 0 aliphatic rings. The molecule has 0 aliphatic carbocycles. The molecule has 0 aliphatic heterocycles. The molecular formula is C20H20FNO4. The Kier molecular flexibility index (Phi) is 7.36. The number of carbonyl (C=O) groups is 2. The molecule has 0 aromatic heterocycles. The van der Waals surface area contributed by atoms with Crippen LogP contribution in [0.5, 0.6) is 5.75 Å². The van der Waals surface area contributed by atoms with Crippen LogP contribution in [-0.4, -0.2) is 32.1 Å². The zero-order chi connectivity index (χ0) is 18.8. The van der Waals surface area contributed by atoms with E-state index in [2.05, 4.69) is 5.32 Å². The molecule has 2 aromatic carbocycles. The fourth-order valence-electron chi connectivity index (χ4n) is 2.18. The van der Waals surface area contributed by atoms with Crippen LogP contribution in [0.3, 0.4) is 0 Å². The Morgan fingerprint density at radius 3 is 2.73 bits per heavy atom. The number of halogens is 1. The van der Waals surface area contributed by atoms with Crippen LogP contribution in [-0.2, 0) is 20.7 Å². The molecule has 136 valence electrons. The van der Waals surface area contributed by atoms with Gasteiger partial charge in [-0.15, -0.1) is 0 Å². The first-order valence-electron chi connectivity index (χ1n) is 8.07. The number of rotatable bonds is 8. The lowest BCUT2D eigenvalue weighted by Gasteiger charge is -2.06. The largest absolute Gasteiger partial charge is 0.497 e. The number of nitrogens with one attached hydrogen (secondary N) is 1. The lowest BCUT2D eigenvalue weighted by Crippen LogP contribution is -2.30. The fourth-order valence-corrected chi connectivity index (χ4v) is 2.18. The molecule has 2 aromatic rings. The third kappa shape index (κ3) is 6.39. The number of benzene rings is 2. The first kappa shape index (κ1) is 19.2. The van der Waals surface area contributed by atoms with Crippen molar-refractivity contribution in [3.8, 4) is 5.75 Å². The minimum atomic E-state index is -0.628. The number of ether oxygens (including phenoxy) is 2. The smallest absolute Gasteiger partial charge is 0.331 e. The van der Waals surface area contributed by atoms with Gasteiger partial charge < -0.3 is 14.8 Å². The van der Waals surface area contributed by atoms with Crippen molar-refractivity contribution >= 4 is 18.0 Å². The molecule has 6 heteroatoms. The average Bonchev–Trinajstić information content (AvgIpc) is 2.66. The van der Waals surface area contributed by atoms with Gasteiger partial charge in [-0.25, -0.2) is 9.18 Å². The number of carbonyl (C=O) groups excluding carboxylic acids is 2. The lowest BCUT2D eigenvalue weighted by atomic mass is 10.1. The van der Waals surface area contributed by atoms with Crippen molar-refractivity contribution in [1.82, 2.24) is 5.32 Å². The highest BCUT2D eigenvalue weighted by molar-refractivity contribution is 5.89. The van der Waals surface area contributed by atoms with Crippen LogP contribution in [0.25, 0.3) is 6.08 Å². The van der Waals surface area contributed by atoms with E-state index in [-0.39, 0.29) is 12.4 Å². The Labute approximate surface area is 151 Å². The average molecular weight is 357 g/mol. The normalized spacial score (nSPS) is 10.5. The van der Waals surface area contributed by atoms with E-state index in [9.17, 15) is 14.0 Å². The van der Waals surface area contributed by atoms with Crippen LogP contribution in [0, 0.1) is 5.82 Å². The summed E-state index contributed by atoms with van der Waals surface area (Å²) in [6, 6.07) is 13.5. The Balaban J connectivity index is 1.70. The van der Waals surface area contributed by atoms with Crippen molar-refractivity contribution in [1.29, 1.82) is 0 Å². The van der Waals surface area contributed by atoms with E-state index >= 15 is 0 Å². The van der Waals surface area contributed by atoms with Gasteiger partial charge in [-0.1, -0.05) is 30.3 Å². The number of methoxy groups -OCH3 is 1. The second-order valence-corrected chi connectivity index (χ2v) is 5.41. The highest BCUT2D eigenvalue weighted by atomic mass is 19.1. The number of hydrogen-bond acceptors (Lipinski definition) is 4. The minimum Gasteiger partial charge on any atom is -0.497 e. The number of hydrogen-bond donors (Lipinski definition) is 1. The van der Waals surface area contributed by atoms with Crippen LogP contribution >= 0.6 is 0 Å². The summed E-state index contributed by atoms with van der Waals surface area (Å²) in [5, 5.41) is 2.58. The fraction of sp³-hybridized carbons (Fsp3) is 0.200. The predicted octanol–water partition coefficient (Wildman–Crippen LogP) is 2.75. The highest BCUT2D eigenvalue weighted by Gasteiger charge is 2.06. The Bertz CT molecular complexity index is 789. The topological polar surface area (TPSA) is 64.6 Å². The van der Waals surface area contributed by atoms with Gasteiger partial charge in [-0.2, -0.15) is 0 Å². The molecule has 0 spiro atoms. The summed E-state index contributed by atoms with van der Waals surface area (Å²) in [6.45, 7) is -0.129. The van der Waals surface area contributed by atoms with Gasteiger partial charge in [0.05, 0.1) is 7.11 Å². The summed E-state index contributed by atoms with van der Waals surface area (Å²) in [4.78, 5) is 23.3. The summed E-state index contributed by atoms with van der Waals surface area (Å²) in [5.41, 5.74) is 1.29. The van der Waals surface area contributed by atoms with Gasteiger partial charge in [0.1, 0.15) is 11.6 Å². The van der Waals surface area contributed by atoms with E-state index in [0.29, 0.717) is 17.7 Å². The Hall–Kier alpha value is -3.15. The molecule has 0 radical (unpaired) electrons. The van der Waals surface area contributed by atoms with E-state index in [4.69, 9.17) is 9.47 Å². The van der Waals surface area contributed by atoms with Crippen molar-refractivity contribution in [3.05, 3.63) is 71.6 Å². The minimum absolute atomic E-state index is 0.261. The molecule has 0 bridgehead atoms. The van der Waals surface area contributed by atoms with Crippen molar-refractivity contribution < 1.29 is 23.5 Å². The Morgan fingerprint density at radius 1 is 1.15 bits per heavy atom. The van der Waals surface area contributed by atoms with Gasteiger partial charge in [-0.3, -0.25) is 4.79 Å². The van der Waals surface area contributed by atoms with Gasteiger partial charge in [0.15, 0.2) is 6.61 Å². The SMILES string of the molecule is COc1cccc(/C=C/C(=O)OCC(=O)NCCc2ccccc2F)c1. The van der Waals surface area contributed by atoms with Crippen LogP contribution < -0.4 is 10.1 Å². The molecule has 26 heavy (non-hydrogen) atoms. The number of esters is 1. The lowest BCUT2D eigenvalue weighted by molar-refractivity contribution is -0.143. The predicted molar refractivity (Wildman–Crippen MR) is 96.1 cm³/mol. The third-order valence-electron chi connectivity index (χ3n) is 3.53. The third-order valence-corrected chi connectivity index (χ3v) is 3.53. The van der Waals surface area contributed by atoms with E-state index < -0.39 is 18.5 Å². The molecule has 0 heterocycles. The standard InChI is InChI=1S/C20H20FNO4/c1-25-17-7-4-5-15(13-17)9-10-20(24)26-14-19(23)22-12-11-16-6-2-3-8-18(16)21/h2-10,13H,11-12,14H2,1H3,(H,22,23)/b10-9+. The molecule has 0 saturated carbocycles. The molecule has 0 atom stereocenters. The summed E-state index contributed by atoms with van der Waals surface area (Å²) in [5.74, 6) is -0.702. The maximum absolute atomic E-state index is 13.4. The van der Waals surface area contributed by atoms with E-state index in [1.807, 2.05) is 6.07 Å². The van der Waals surface area contributed by atoms with E-state index in [0.717, 1.165) is 5.56 Å². The van der Waals surface area contributed by atoms with E-state index in [1.165, 1.54) is 12.1 Å². The molecule has 1 N–H and O–H groups in total. The van der Waals surface area contributed by atoms with Gasteiger partial charge in [0, 0.05) is 12.6 Å². The zero-order valence-electron chi connectivity index (χ0n) is 14.4. The first-order chi connectivity index (χ1) is 12.6. The number of amides is 1. The second kappa shape index (κ2) is 9.98. The summed E-state index contributed by atoms with van der Waals surface area (Å²) in [6.07, 6.45) is 3.17. The van der Waals surface area contributed by atoms with Gasteiger partial charge in [-0.05, 0) is 41.8 Å². The molecule has 0 saturated heterocycles. The van der Waals surface area contributed by atoms with Crippen molar-refractivity contribution in [2.75, 3.05) is 20.3 Å². The maximum atomic E-state index is 13.4. The summed E-state index contributed by atoms with van der Waals surface area (Å²) < 4.78 is 23.4. The summed E-state index contributed by atoms with van der Waals surface area (Å²) in [7, 11) is 1.56. The quantitative estimate of drug-likeness (QED) is 0.583. The van der Waals surface area contributed by atoms with Gasteiger partial charge in [0.2, 0.25) is 0 Å². The first-order valence-corrected chi connectivity index (χ1v) is 8.07. The van der Waals surface area contributed by atoms with Crippen molar-refractivity contribution in [2.24, 2.45) is 0 Å². The van der Waals surface area contributed by atoms with Crippen LogP contribution in [0.2, 0.25) is 0 Å². The molecule has 0 fully saturated rings. The molecule has 1 amide bonds. The van der Waals surface area contributed by atoms with Crippen LogP contribution in [0.15, 0.2) is 54.6 Å². The van der Waals surface area contributed by atoms with Crippen molar-refractivity contribution in [3.63, 3.8) is 0 Å². The summed E-state index contributed by atoms with van der Waals surface area (Å²) >= 11 is 0. The second-order valence-electron chi connectivity index (χ2n) is 5.41. The van der Waals surface area contributed by atoms with Crippen LogP contribution in [0.1, 0.15) is 11.1 Å². The zero-order valence-corrected chi connectivity index (χ0v) is 14.4. The van der Waals surface area contributed by atoms with Crippen molar-refractivity contribution in [2.45, 2.75) is 6.42 Å². The maximum Gasteiger partial charge on any atom is 0.331 e. The van der Waals surface area contributed by atoms with Gasteiger partial charge in [0.25, 0.3) is 5.91 Å². The highest BCUT2D eigenvalue weighted by Crippen LogP contribution is 2.13. The molecule has 2 rings (SSSR count). The molecule has 5 nitrogen and oxygen atoms in total. The van der Waals surface area contributed by atoms with Gasteiger partial charge >= 0.3 is 5.97 Å². The van der Waals surface area contributed by atoms with E-state index in [1.54, 1.807) is 49.6 Å². The molecular weight excluding hydrogens is 337 g/mol. The Morgan fingerprint density at radius 2 is 1.96 bits per heavy atom. The monoisotopic (exact) mass is 357 g/mol.